The molecular weight excluding hydrogens is 993 g/mol. The van der Waals surface area contributed by atoms with E-state index < -0.39 is 6.04 Å². The van der Waals surface area contributed by atoms with Crippen molar-refractivity contribution >= 4 is 23.6 Å². The largest absolute Gasteiger partial charge is 0.394 e. The molecule has 5 atom stereocenters. The molecule has 1 aliphatic carbocycles. The van der Waals surface area contributed by atoms with Gasteiger partial charge in [-0.2, -0.15) is 0 Å². The molecule has 1 saturated carbocycles. The van der Waals surface area contributed by atoms with E-state index in [2.05, 4.69) is 97.6 Å². The number of aliphatic hydroxyl groups is 2. The Morgan fingerprint density at radius 3 is 1.56 bits per heavy atom. The van der Waals surface area contributed by atoms with Gasteiger partial charge in [-0.25, -0.2) is 0 Å². The summed E-state index contributed by atoms with van der Waals surface area (Å²) in [6.45, 7) is 38.7. The summed E-state index contributed by atoms with van der Waals surface area (Å²) in [6.07, 6.45) is 11.9. The lowest BCUT2D eigenvalue weighted by Gasteiger charge is -2.28. The first-order valence-electron chi connectivity index (χ1n) is 29.4. The summed E-state index contributed by atoms with van der Waals surface area (Å²) >= 11 is 0. The third kappa shape index (κ3) is 37.5. The SMILES string of the molecule is CC(C)N1CCC(N)C1=O.CC(C)NC(=O)C(N)Cc1cccnc1.CC(C)NC1CCC(O)CC1.CC(C)NC1CCN(C)C1=O.CC(C)NC1CCNC1=O.CC(C)NC1CCOC1.CC(C)NC1COC1.CC(C)O. The Morgan fingerprint density at radius 1 is 0.679 bits per heavy atom. The number of aliphatic hydroxyl groups excluding tert-OH is 2. The first kappa shape index (κ1) is 74.6. The number of likely N-dealkylation sites (tertiary alicyclic amines) is 2. The quantitative estimate of drug-likeness (QED) is 0.120. The smallest absolute Gasteiger partial charge is 0.239 e. The molecule has 1 aromatic rings. The maximum atomic E-state index is 11.5. The molecule has 0 radical (unpaired) electrons. The minimum Gasteiger partial charge on any atom is -0.394 e. The Bertz CT molecular complexity index is 1690. The van der Waals surface area contributed by atoms with Gasteiger partial charge in [0.15, 0.2) is 0 Å². The molecule has 456 valence electrons. The number of hydrogen-bond donors (Lipinski definition) is 11. The lowest BCUT2D eigenvalue weighted by Crippen LogP contribution is -2.48. The molecule has 6 heterocycles. The van der Waals surface area contributed by atoms with E-state index >= 15 is 0 Å². The van der Waals surface area contributed by atoms with Crippen LogP contribution in [0.3, 0.4) is 0 Å². The average Bonchev–Trinajstić information content (AvgIpc) is 4.14. The molecule has 0 aromatic carbocycles. The molecule has 13 N–H and O–H groups in total. The predicted octanol–water partition coefficient (Wildman–Crippen LogP) is 3.35. The average molecular weight is 1110 g/mol. The van der Waals surface area contributed by atoms with Gasteiger partial charge in [0.1, 0.15) is 0 Å². The number of nitrogens with one attached hydrogen (secondary N) is 7. The Morgan fingerprint density at radius 2 is 1.21 bits per heavy atom. The van der Waals surface area contributed by atoms with Gasteiger partial charge in [0.2, 0.25) is 23.6 Å². The molecule has 6 aliphatic rings. The molecule has 5 saturated heterocycles. The number of pyridine rings is 1. The molecule has 6 fully saturated rings. The van der Waals surface area contributed by atoms with Crippen molar-refractivity contribution in [1.29, 1.82) is 0 Å². The van der Waals surface area contributed by atoms with Crippen molar-refractivity contribution in [3.8, 4) is 0 Å². The van der Waals surface area contributed by atoms with Crippen LogP contribution in [0.15, 0.2) is 24.5 Å². The van der Waals surface area contributed by atoms with Gasteiger partial charge in [0, 0.05) is 106 Å². The Hall–Kier alpha value is -3.41. The highest BCUT2D eigenvalue weighted by Crippen LogP contribution is 2.18. The van der Waals surface area contributed by atoms with Gasteiger partial charge in [0.05, 0.1) is 56.1 Å². The molecular formula is C58H116N12O8. The fourth-order valence-electron chi connectivity index (χ4n) is 8.68. The van der Waals surface area contributed by atoms with Gasteiger partial charge < -0.3 is 78.2 Å². The number of nitrogens with two attached hydrogens (primary N) is 2. The molecule has 1 aromatic heterocycles. The van der Waals surface area contributed by atoms with Gasteiger partial charge in [-0.3, -0.25) is 24.2 Å². The molecule has 5 aliphatic heterocycles. The van der Waals surface area contributed by atoms with Gasteiger partial charge in [0.25, 0.3) is 0 Å². The third-order valence-corrected chi connectivity index (χ3v) is 12.4. The van der Waals surface area contributed by atoms with Crippen LogP contribution in [0.2, 0.25) is 0 Å². The molecule has 0 spiro atoms. The van der Waals surface area contributed by atoms with Crippen molar-refractivity contribution in [2.24, 2.45) is 11.5 Å². The van der Waals surface area contributed by atoms with Crippen molar-refractivity contribution in [3.05, 3.63) is 30.1 Å². The van der Waals surface area contributed by atoms with Crippen LogP contribution in [-0.4, -0.2) is 199 Å². The Labute approximate surface area is 473 Å². The van der Waals surface area contributed by atoms with Crippen molar-refractivity contribution in [3.63, 3.8) is 0 Å². The summed E-state index contributed by atoms with van der Waals surface area (Å²) in [6, 6.07) is 8.04. The van der Waals surface area contributed by atoms with E-state index in [0.29, 0.717) is 60.8 Å². The topological polar surface area (TPSA) is 283 Å². The molecule has 7 rings (SSSR count). The maximum absolute atomic E-state index is 11.5. The maximum Gasteiger partial charge on any atom is 0.239 e. The zero-order valence-electron chi connectivity index (χ0n) is 51.7. The number of hydrogen-bond acceptors (Lipinski definition) is 16. The van der Waals surface area contributed by atoms with Crippen LogP contribution in [0, 0.1) is 0 Å². The molecule has 4 amide bonds. The van der Waals surface area contributed by atoms with E-state index in [1.165, 1.54) is 6.42 Å². The number of aromatic nitrogens is 1. The van der Waals surface area contributed by atoms with E-state index in [1.807, 2.05) is 65.6 Å². The molecule has 20 heteroatoms. The number of ether oxygens (including phenoxy) is 2. The highest BCUT2D eigenvalue weighted by atomic mass is 16.5. The zero-order valence-corrected chi connectivity index (χ0v) is 51.7. The Kier molecular flexibility index (Phi) is 40.6. The van der Waals surface area contributed by atoms with E-state index in [1.54, 1.807) is 31.1 Å². The minimum absolute atomic E-state index is 0.0276. The van der Waals surface area contributed by atoms with Gasteiger partial charge >= 0.3 is 0 Å². The number of carbonyl (C=O) groups excluding carboxylic acids is 4. The van der Waals surface area contributed by atoms with Crippen LogP contribution in [0.25, 0.3) is 0 Å². The highest BCUT2D eigenvalue weighted by molar-refractivity contribution is 5.84. The molecule has 5 unspecified atom stereocenters. The summed E-state index contributed by atoms with van der Waals surface area (Å²) in [5.74, 6) is 0.372. The number of likely N-dealkylation sites (N-methyl/N-ethyl adjacent to an activating group) is 1. The molecule has 20 nitrogen and oxygen atoms in total. The number of amides is 4. The molecule has 0 bridgehead atoms. The first-order valence-corrected chi connectivity index (χ1v) is 29.4. The lowest BCUT2D eigenvalue weighted by atomic mass is 9.93. The summed E-state index contributed by atoms with van der Waals surface area (Å²) in [7, 11) is 1.85. The number of nitrogens with zero attached hydrogens (tertiary/aromatic N) is 3. The van der Waals surface area contributed by atoms with Crippen LogP contribution >= 0.6 is 0 Å². The second-order valence-corrected chi connectivity index (χ2v) is 23.6. The van der Waals surface area contributed by atoms with Crippen LogP contribution in [-0.2, 0) is 35.1 Å². The van der Waals surface area contributed by atoms with Gasteiger partial charge in [-0.15, -0.1) is 0 Å². The Balaban J connectivity index is 0.000000882. The predicted molar refractivity (Wildman–Crippen MR) is 317 cm³/mol. The summed E-state index contributed by atoms with van der Waals surface area (Å²) < 4.78 is 10.2. The summed E-state index contributed by atoms with van der Waals surface area (Å²) in [5, 5.41) is 39.5. The standard InChI is InChI=1S/C11H17N3O.C9H19NO.C8H16N2O.2C7H14N2O.C7H15NO.C6H13NO.C3H8O/c1-8(2)14-11(15)10(12)6-9-4-3-5-13-7-9;1-7(2)10-8-3-5-9(11)6-4-8;1-6(2)9-7-4-5-10(3)8(7)11;1-5(2)9-4-3-6(8)7(9)10;1-5(2)9-6-3-4-8-7(6)10;1-6(2)8-7-3-4-9-5-7;1-5(2)7-6-3-8-4-6;1-3(2)4/h3-5,7-8,10H,6,12H2,1-2H3,(H,14,15);7-11H,3-6H2,1-2H3;6-7,9H,4-5H2,1-3H3;5-6H,3-4,8H2,1-2H3;5-6,9H,3-4H2,1-2H3,(H,8,10);6-8H,3-5H2,1-2H3;5-7H,3-4H2,1-2H3;3-4H,1-2H3. The van der Waals surface area contributed by atoms with Gasteiger partial charge in [-0.05, 0) is 111 Å². The van der Waals surface area contributed by atoms with Crippen LogP contribution in [0.4, 0.5) is 0 Å². The van der Waals surface area contributed by atoms with E-state index in [-0.39, 0.29) is 60.0 Å². The second-order valence-electron chi connectivity index (χ2n) is 23.6. The monoisotopic (exact) mass is 1110 g/mol. The fraction of sp³-hybridized carbons (Fsp3) is 0.845. The van der Waals surface area contributed by atoms with Gasteiger partial charge in [-0.1, -0.05) is 75.3 Å². The minimum atomic E-state index is -0.503. The van der Waals surface area contributed by atoms with E-state index in [4.69, 9.17) is 26.0 Å². The van der Waals surface area contributed by atoms with Crippen molar-refractivity contribution in [1.82, 2.24) is 52.0 Å². The number of rotatable bonds is 15. The highest BCUT2D eigenvalue weighted by Gasteiger charge is 2.30. The van der Waals surface area contributed by atoms with Crippen LogP contribution < -0.4 is 48.7 Å². The second kappa shape index (κ2) is 42.4. The third-order valence-electron chi connectivity index (χ3n) is 12.4. The van der Waals surface area contributed by atoms with Crippen molar-refractivity contribution in [2.75, 3.05) is 53.1 Å². The zero-order chi connectivity index (χ0) is 59.5. The summed E-state index contributed by atoms with van der Waals surface area (Å²) in [5.41, 5.74) is 12.2. The van der Waals surface area contributed by atoms with E-state index in [0.717, 1.165) is 96.6 Å². The normalized spacial score (nSPS) is 23.1. The lowest BCUT2D eigenvalue weighted by molar-refractivity contribution is -0.130. The van der Waals surface area contributed by atoms with E-state index in [9.17, 15) is 24.3 Å². The first-order chi connectivity index (χ1) is 36.5. The molecule has 78 heavy (non-hydrogen) atoms. The van der Waals surface area contributed by atoms with Crippen molar-refractivity contribution < 1.29 is 38.9 Å². The van der Waals surface area contributed by atoms with Crippen LogP contribution in [0.5, 0.6) is 0 Å². The summed E-state index contributed by atoms with van der Waals surface area (Å²) in [4.78, 5) is 52.5. The number of carbonyl (C=O) groups is 4. The van der Waals surface area contributed by atoms with Crippen molar-refractivity contribution in [2.45, 2.75) is 265 Å². The van der Waals surface area contributed by atoms with Crippen LogP contribution in [0.1, 0.15) is 168 Å². The fourth-order valence-corrected chi connectivity index (χ4v) is 8.68.